The zero-order chi connectivity index (χ0) is 39.2. The Morgan fingerprint density at radius 1 is 0.610 bits per heavy atom. The van der Waals surface area contributed by atoms with Crippen molar-refractivity contribution < 1.29 is 0 Å². The molecule has 7 aromatic carbocycles. The summed E-state index contributed by atoms with van der Waals surface area (Å²) in [5, 5.41) is 14.9. The monoisotopic (exact) mass is 759 g/mol. The minimum atomic E-state index is 0.0455. The van der Waals surface area contributed by atoms with Crippen LogP contribution in [0.2, 0.25) is 0 Å². The van der Waals surface area contributed by atoms with Crippen molar-refractivity contribution in [1.29, 1.82) is 5.26 Å². The second-order valence-corrected chi connectivity index (χ2v) is 17.2. The van der Waals surface area contributed by atoms with E-state index in [9.17, 15) is 5.26 Å². The van der Waals surface area contributed by atoms with Gasteiger partial charge in [0.15, 0.2) is 17.5 Å². The molecule has 2 bridgehead atoms. The van der Waals surface area contributed by atoms with E-state index in [-0.39, 0.29) is 5.41 Å². The van der Waals surface area contributed by atoms with E-state index >= 15 is 0 Å². The van der Waals surface area contributed by atoms with E-state index in [1.165, 1.54) is 81.4 Å². The summed E-state index contributed by atoms with van der Waals surface area (Å²) in [7, 11) is 0. The molecule has 3 aliphatic carbocycles. The second kappa shape index (κ2) is 13.1. The first kappa shape index (κ1) is 34.2. The summed E-state index contributed by atoms with van der Waals surface area (Å²) in [5.41, 5.74) is 12.6. The van der Waals surface area contributed by atoms with E-state index in [1.54, 1.807) is 11.6 Å². The lowest BCUT2D eigenvalue weighted by atomic mass is 9.53. The molecule has 0 saturated heterocycles. The van der Waals surface area contributed by atoms with E-state index in [0.29, 0.717) is 29.0 Å². The van der Waals surface area contributed by atoms with Gasteiger partial charge in [0, 0.05) is 38.6 Å². The molecule has 3 aliphatic rings. The molecule has 5 nitrogen and oxygen atoms in total. The van der Waals surface area contributed by atoms with E-state index < -0.39 is 0 Å². The third-order valence-electron chi connectivity index (χ3n) is 13.9. The first-order valence-electron chi connectivity index (χ1n) is 21.1. The maximum Gasteiger partial charge on any atom is 0.164 e. The summed E-state index contributed by atoms with van der Waals surface area (Å²) in [4.78, 5) is 15.1. The molecule has 0 radical (unpaired) electrons. The maximum absolute atomic E-state index is 9.71. The molecule has 2 saturated carbocycles. The quantitative estimate of drug-likeness (QED) is 0.179. The van der Waals surface area contributed by atoms with Gasteiger partial charge in [-0.1, -0.05) is 122 Å². The third kappa shape index (κ3) is 5.12. The molecule has 59 heavy (non-hydrogen) atoms. The Kier molecular flexibility index (Phi) is 7.56. The van der Waals surface area contributed by atoms with Crippen LogP contribution in [0.1, 0.15) is 55.7 Å². The normalized spacial score (nSPS) is 20.5. The maximum atomic E-state index is 9.71. The van der Waals surface area contributed by atoms with Crippen molar-refractivity contribution in [3.63, 3.8) is 0 Å². The van der Waals surface area contributed by atoms with Gasteiger partial charge in [-0.05, 0) is 119 Å². The smallest absolute Gasteiger partial charge is 0.164 e. The molecule has 2 fully saturated rings. The Labute approximate surface area is 343 Å². The van der Waals surface area contributed by atoms with Gasteiger partial charge in [-0.2, -0.15) is 5.26 Å². The van der Waals surface area contributed by atoms with Crippen LogP contribution in [0, 0.1) is 29.1 Å². The molecule has 4 atom stereocenters. The lowest BCUT2D eigenvalue weighted by Crippen LogP contribution is -2.44. The molecule has 0 N–H and O–H groups in total. The van der Waals surface area contributed by atoms with Crippen LogP contribution in [-0.4, -0.2) is 19.5 Å². The van der Waals surface area contributed by atoms with Crippen molar-refractivity contribution in [3.05, 3.63) is 168 Å². The van der Waals surface area contributed by atoms with Gasteiger partial charge in [-0.25, -0.2) is 15.0 Å². The van der Waals surface area contributed by atoms with Gasteiger partial charge < -0.3 is 4.57 Å². The molecule has 9 aromatic rings. The molecule has 0 amide bonds. The van der Waals surface area contributed by atoms with E-state index in [1.807, 2.05) is 48.5 Å². The van der Waals surface area contributed by atoms with Crippen LogP contribution in [0.4, 0.5) is 0 Å². The Morgan fingerprint density at radius 2 is 1.31 bits per heavy atom. The molecule has 5 heteroatoms. The van der Waals surface area contributed by atoms with E-state index in [0.717, 1.165) is 34.2 Å². The highest BCUT2D eigenvalue weighted by Crippen LogP contribution is 2.64. The Balaban J connectivity index is 1.11. The SMILES string of the molecule is CC1CC2CCC3(c4ccccc4-c4c3ccc3c4c4c5ccccc5ccc4n3-c3cccc(-c4nc(-c5ccccc5)nc(-c5cccc(C#N)c5)n4)c3)C(C1)C2. The highest BCUT2D eigenvalue weighted by atomic mass is 15.0. The second-order valence-electron chi connectivity index (χ2n) is 17.2. The van der Waals surface area contributed by atoms with E-state index in [4.69, 9.17) is 15.0 Å². The number of nitriles is 1. The van der Waals surface area contributed by atoms with Crippen LogP contribution in [-0.2, 0) is 5.41 Å². The number of aromatic nitrogens is 4. The predicted octanol–water partition coefficient (Wildman–Crippen LogP) is 13.1. The van der Waals surface area contributed by atoms with Crippen LogP contribution >= 0.6 is 0 Å². The Morgan fingerprint density at radius 3 is 2.15 bits per heavy atom. The number of nitrogens with zero attached hydrogens (tertiary/aromatic N) is 5. The summed E-state index contributed by atoms with van der Waals surface area (Å²) in [5.74, 6) is 3.97. The van der Waals surface area contributed by atoms with Crippen molar-refractivity contribution in [2.75, 3.05) is 0 Å². The van der Waals surface area contributed by atoms with Crippen LogP contribution in [0.3, 0.4) is 0 Å². The van der Waals surface area contributed by atoms with Crippen molar-refractivity contribution in [1.82, 2.24) is 19.5 Å². The molecular weight excluding hydrogens is 719 g/mol. The minimum Gasteiger partial charge on any atom is -0.309 e. The lowest BCUT2D eigenvalue weighted by Gasteiger charge is -2.50. The molecule has 0 aliphatic heterocycles. The topological polar surface area (TPSA) is 67.4 Å². The molecule has 282 valence electrons. The van der Waals surface area contributed by atoms with E-state index in [2.05, 4.69) is 115 Å². The number of rotatable bonds is 4. The molecule has 4 unspecified atom stereocenters. The fraction of sp³-hybridized carbons (Fsp3) is 0.185. The highest BCUT2D eigenvalue weighted by molar-refractivity contribution is 6.26. The molecular formula is C54H41N5. The van der Waals surface area contributed by atoms with Crippen LogP contribution in [0.5, 0.6) is 0 Å². The molecule has 2 heterocycles. The Hall–Kier alpha value is -6.90. The van der Waals surface area contributed by atoms with Gasteiger partial charge in [0.1, 0.15) is 0 Å². The average Bonchev–Trinajstić information content (AvgIpc) is 3.79. The minimum absolute atomic E-state index is 0.0455. The Bertz CT molecular complexity index is 3210. The van der Waals surface area contributed by atoms with Gasteiger partial charge in [0.2, 0.25) is 0 Å². The third-order valence-corrected chi connectivity index (χ3v) is 13.9. The lowest BCUT2D eigenvalue weighted by molar-refractivity contribution is 0.0856. The van der Waals surface area contributed by atoms with Crippen molar-refractivity contribution in [2.45, 2.75) is 44.4 Å². The van der Waals surface area contributed by atoms with Crippen LogP contribution < -0.4 is 0 Å². The van der Waals surface area contributed by atoms with Crippen molar-refractivity contribution in [2.24, 2.45) is 17.8 Å². The average molecular weight is 760 g/mol. The number of hydrogen-bond donors (Lipinski definition) is 0. The van der Waals surface area contributed by atoms with Gasteiger partial charge in [-0.15, -0.1) is 0 Å². The standard InChI is InChI=1S/C54H41N5/c1-33-27-34-25-26-54(40(28-33)30-34)44-20-8-7-19-43(44)48-45(54)22-24-47-50(48)49-42-18-6-5-12-36(42)21-23-46(49)59(47)41-17-10-16-39(31-41)53-57-51(37-13-3-2-4-14-37)56-52(58-53)38-15-9-11-35(29-38)32-55/h2-24,29,31,33-34,40H,25-28,30H2,1H3. The van der Waals surface area contributed by atoms with Gasteiger partial charge in [0.25, 0.3) is 0 Å². The fourth-order valence-corrected chi connectivity index (χ4v) is 11.6. The zero-order valence-electron chi connectivity index (χ0n) is 32.9. The van der Waals surface area contributed by atoms with Gasteiger partial charge in [0.05, 0.1) is 22.7 Å². The highest BCUT2D eigenvalue weighted by Gasteiger charge is 2.53. The predicted molar refractivity (Wildman–Crippen MR) is 238 cm³/mol. The van der Waals surface area contributed by atoms with Crippen molar-refractivity contribution in [3.8, 4) is 57.0 Å². The summed E-state index contributed by atoms with van der Waals surface area (Å²) >= 11 is 0. The van der Waals surface area contributed by atoms with Crippen molar-refractivity contribution >= 4 is 32.6 Å². The van der Waals surface area contributed by atoms with Crippen LogP contribution in [0.25, 0.3) is 83.6 Å². The number of hydrogen-bond acceptors (Lipinski definition) is 4. The summed E-state index contributed by atoms with van der Waals surface area (Å²) < 4.78 is 2.46. The molecule has 1 spiro atoms. The summed E-state index contributed by atoms with van der Waals surface area (Å²) in [6, 6.07) is 56.2. The number of fused-ring (bicyclic) bond motifs is 14. The molecule has 12 rings (SSSR count). The fourth-order valence-electron chi connectivity index (χ4n) is 11.6. The van der Waals surface area contributed by atoms with Gasteiger partial charge >= 0.3 is 0 Å². The first-order chi connectivity index (χ1) is 29.1. The van der Waals surface area contributed by atoms with Crippen LogP contribution in [0.15, 0.2) is 152 Å². The summed E-state index contributed by atoms with van der Waals surface area (Å²) in [6.07, 6.45) is 6.55. The van der Waals surface area contributed by atoms with Gasteiger partial charge in [-0.3, -0.25) is 0 Å². The largest absolute Gasteiger partial charge is 0.309 e. The number of benzene rings is 7. The zero-order valence-corrected chi connectivity index (χ0v) is 32.9. The molecule has 2 aromatic heterocycles. The first-order valence-corrected chi connectivity index (χ1v) is 21.1. The summed E-state index contributed by atoms with van der Waals surface area (Å²) in [6.45, 7) is 2.49.